The molecule has 1 unspecified atom stereocenters. The first-order chi connectivity index (χ1) is 13.2. The maximum absolute atomic E-state index is 12.6. The summed E-state index contributed by atoms with van der Waals surface area (Å²) >= 11 is 0. The Morgan fingerprint density at radius 3 is 2.89 bits per heavy atom. The fourth-order valence-electron chi connectivity index (χ4n) is 3.72. The minimum absolute atomic E-state index is 0.0946. The zero-order valence-corrected chi connectivity index (χ0v) is 15.4. The highest BCUT2D eigenvalue weighted by Crippen LogP contribution is 2.30. The molecule has 0 aliphatic carbocycles. The number of para-hydroxylation sites is 2. The van der Waals surface area contributed by atoms with E-state index < -0.39 is 0 Å². The Balaban J connectivity index is 1.48. The Bertz CT molecular complexity index is 862. The molecule has 1 aromatic carbocycles. The average Bonchev–Trinajstić information content (AvgIpc) is 3.28. The van der Waals surface area contributed by atoms with Crippen LogP contribution in [-0.2, 0) is 17.8 Å². The predicted octanol–water partition coefficient (Wildman–Crippen LogP) is 2.62. The number of nitrogens with zero attached hydrogens (tertiary/aromatic N) is 4. The standard InChI is InChI=1S/C19H24N6O2/c1-2-16-22-18-14(8-5-12-25(18)23-16)21-19(27)20-13-7-3-4-9-15(13)24-11-6-10-17(24)26/h3-4,7,9,14H,2,5-6,8,10-12H2,1H3,(H2,20,21,27). The fourth-order valence-corrected chi connectivity index (χ4v) is 3.72. The molecule has 0 spiro atoms. The summed E-state index contributed by atoms with van der Waals surface area (Å²) in [5, 5.41) is 10.4. The number of amides is 3. The maximum Gasteiger partial charge on any atom is 0.319 e. The number of aryl methyl sites for hydroxylation is 2. The monoisotopic (exact) mass is 368 g/mol. The Labute approximate surface area is 158 Å². The van der Waals surface area contributed by atoms with Crippen LogP contribution >= 0.6 is 0 Å². The number of anilines is 2. The molecule has 0 saturated carbocycles. The number of carbonyl (C=O) groups excluding carboxylic acids is 2. The Hall–Kier alpha value is -2.90. The summed E-state index contributed by atoms with van der Waals surface area (Å²) in [5.41, 5.74) is 1.38. The number of aromatic nitrogens is 3. The zero-order chi connectivity index (χ0) is 18.8. The normalized spacial score (nSPS) is 19.1. The molecule has 4 rings (SSSR count). The zero-order valence-electron chi connectivity index (χ0n) is 15.4. The van der Waals surface area contributed by atoms with E-state index in [2.05, 4.69) is 20.7 Å². The first-order valence-corrected chi connectivity index (χ1v) is 9.56. The molecule has 142 valence electrons. The number of hydrogen-bond acceptors (Lipinski definition) is 4. The van der Waals surface area contributed by atoms with E-state index in [0.717, 1.165) is 49.6 Å². The van der Waals surface area contributed by atoms with Crippen LogP contribution in [-0.4, -0.2) is 33.2 Å². The number of rotatable bonds is 4. The van der Waals surface area contributed by atoms with Crippen LogP contribution in [0.4, 0.5) is 16.2 Å². The van der Waals surface area contributed by atoms with Crippen LogP contribution in [0.1, 0.15) is 50.3 Å². The largest absolute Gasteiger partial charge is 0.328 e. The third-order valence-corrected chi connectivity index (χ3v) is 5.06. The topological polar surface area (TPSA) is 92.2 Å². The molecule has 1 aromatic heterocycles. The second-order valence-electron chi connectivity index (χ2n) is 6.92. The molecular weight excluding hydrogens is 344 g/mol. The fraction of sp³-hybridized carbons (Fsp3) is 0.474. The minimum atomic E-state index is -0.298. The number of fused-ring (bicyclic) bond motifs is 1. The third-order valence-electron chi connectivity index (χ3n) is 5.06. The lowest BCUT2D eigenvalue weighted by Crippen LogP contribution is -2.36. The summed E-state index contributed by atoms with van der Waals surface area (Å²) < 4.78 is 1.89. The number of carbonyl (C=O) groups is 2. The molecule has 2 aliphatic rings. The summed E-state index contributed by atoms with van der Waals surface area (Å²) in [7, 11) is 0. The lowest BCUT2D eigenvalue weighted by molar-refractivity contribution is -0.117. The smallest absolute Gasteiger partial charge is 0.319 e. The van der Waals surface area contributed by atoms with Gasteiger partial charge < -0.3 is 15.5 Å². The van der Waals surface area contributed by atoms with Crippen molar-refractivity contribution in [2.24, 2.45) is 0 Å². The van der Waals surface area contributed by atoms with E-state index in [1.54, 1.807) is 4.90 Å². The van der Waals surface area contributed by atoms with Crippen molar-refractivity contribution in [1.29, 1.82) is 0 Å². The summed E-state index contributed by atoms with van der Waals surface area (Å²) in [4.78, 5) is 31.0. The first-order valence-electron chi connectivity index (χ1n) is 9.56. The van der Waals surface area contributed by atoms with Gasteiger partial charge in [-0.25, -0.2) is 14.5 Å². The van der Waals surface area contributed by atoms with Gasteiger partial charge >= 0.3 is 6.03 Å². The van der Waals surface area contributed by atoms with Crippen molar-refractivity contribution < 1.29 is 9.59 Å². The van der Waals surface area contributed by atoms with Crippen molar-refractivity contribution in [3.8, 4) is 0 Å². The highest BCUT2D eigenvalue weighted by atomic mass is 16.2. The molecular formula is C19H24N6O2. The van der Waals surface area contributed by atoms with Crippen LogP contribution in [0.3, 0.4) is 0 Å². The molecule has 0 radical (unpaired) electrons. The van der Waals surface area contributed by atoms with Crippen molar-refractivity contribution in [3.63, 3.8) is 0 Å². The van der Waals surface area contributed by atoms with Crippen molar-refractivity contribution in [1.82, 2.24) is 20.1 Å². The van der Waals surface area contributed by atoms with Gasteiger partial charge in [-0.1, -0.05) is 19.1 Å². The minimum Gasteiger partial charge on any atom is -0.328 e. The molecule has 8 nitrogen and oxygen atoms in total. The number of hydrogen-bond donors (Lipinski definition) is 2. The second-order valence-corrected chi connectivity index (χ2v) is 6.92. The van der Waals surface area contributed by atoms with Crippen LogP contribution in [0.2, 0.25) is 0 Å². The van der Waals surface area contributed by atoms with Gasteiger partial charge in [0.2, 0.25) is 5.91 Å². The van der Waals surface area contributed by atoms with E-state index in [0.29, 0.717) is 18.7 Å². The van der Waals surface area contributed by atoms with Crippen LogP contribution < -0.4 is 15.5 Å². The van der Waals surface area contributed by atoms with Crippen molar-refractivity contribution >= 4 is 23.3 Å². The van der Waals surface area contributed by atoms with Gasteiger partial charge in [0.1, 0.15) is 5.82 Å². The van der Waals surface area contributed by atoms with Gasteiger partial charge in [-0.15, -0.1) is 0 Å². The molecule has 1 fully saturated rings. The van der Waals surface area contributed by atoms with Gasteiger partial charge in [0.05, 0.1) is 17.4 Å². The average molecular weight is 368 g/mol. The van der Waals surface area contributed by atoms with Gasteiger partial charge in [-0.2, -0.15) is 5.10 Å². The maximum atomic E-state index is 12.6. The molecule has 8 heteroatoms. The number of nitrogens with one attached hydrogen (secondary N) is 2. The summed E-state index contributed by atoms with van der Waals surface area (Å²) in [6, 6.07) is 6.95. The molecule has 3 heterocycles. The van der Waals surface area contributed by atoms with Crippen LogP contribution in [0.25, 0.3) is 0 Å². The van der Waals surface area contributed by atoms with E-state index in [9.17, 15) is 9.59 Å². The molecule has 1 saturated heterocycles. The van der Waals surface area contributed by atoms with E-state index in [4.69, 9.17) is 0 Å². The highest BCUT2D eigenvalue weighted by molar-refractivity contribution is 6.01. The van der Waals surface area contributed by atoms with Crippen LogP contribution in [0.15, 0.2) is 24.3 Å². The van der Waals surface area contributed by atoms with Crippen LogP contribution in [0.5, 0.6) is 0 Å². The van der Waals surface area contributed by atoms with E-state index >= 15 is 0 Å². The van der Waals surface area contributed by atoms with Gasteiger partial charge in [-0.05, 0) is 31.4 Å². The van der Waals surface area contributed by atoms with Crippen molar-refractivity contribution in [3.05, 3.63) is 35.9 Å². The molecule has 2 N–H and O–H groups in total. The Morgan fingerprint density at radius 1 is 1.26 bits per heavy atom. The van der Waals surface area contributed by atoms with E-state index in [-0.39, 0.29) is 18.0 Å². The number of urea groups is 1. The lowest BCUT2D eigenvalue weighted by Gasteiger charge is -2.24. The van der Waals surface area contributed by atoms with Gasteiger partial charge in [0.25, 0.3) is 0 Å². The molecule has 0 bridgehead atoms. The van der Waals surface area contributed by atoms with Gasteiger partial charge in [0.15, 0.2) is 5.82 Å². The molecule has 3 amide bonds. The van der Waals surface area contributed by atoms with E-state index in [1.165, 1.54) is 0 Å². The first kappa shape index (κ1) is 17.5. The summed E-state index contributed by atoms with van der Waals surface area (Å²) in [5.74, 6) is 1.71. The molecule has 1 atom stereocenters. The highest BCUT2D eigenvalue weighted by Gasteiger charge is 2.27. The lowest BCUT2D eigenvalue weighted by atomic mass is 10.1. The summed E-state index contributed by atoms with van der Waals surface area (Å²) in [6.45, 7) is 3.54. The molecule has 2 aromatic rings. The number of benzene rings is 1. The van der Waals surface area contributed by atoms with Crippen LogP contribution in [0, 0.1) is 0 Å². The SMILES string of the molecule is CCc1nc2n(n1)CCCC2NC(=O)Nc1ccccc1N1CCCC1=O. The predicted molar refractivity (Wildman–Crippen MR) is 102 cm³/mol. The summed E-state index contributed by atoms with van der Waals surface area (Å²) in [6.07, 6.45) is 3.95. The third kappa shape index (κ3) is 3.51. The second kappa shape index (κ2) is 7.38. The Kier molecular flexibility index (Phi) is 4.79. The van der Waals surface area contributed by atoms with Crippen molar-refractivity contribution in [2.45, 2.75) is 51.6 Å². The van der Waals surface area contributed by atoms with Gasteiger partial charge in [-0.3, -0.25) is 4.79 Å². The van der Waals surface area contributed by atoms with E-state index in [1.807, 2.05) is 35.9 Å². The Morgan fingerprint density at radius 2 is 2.11 bits per heavy atom. The molecule has 27 heavy (non-hydrogen) atoms. The van der Waals surface area contributed by atoms with Crippen molar-refractivity contribution in [2.75, 3.05) is 16.8 Å². The quantitative estimate of drug-likeness (QED) is 0.868. The molecule has 2 aliphatic heterocycles. The van der Waals surface area contributed by atoms with Gasteiger partial charge in [0, 0.05) is 25.9 Å².